The minimum atomic E-state index is 0.0373. The highest BCUT2D eigenvalue weighted by Gasteiger charge is 2.50. The first kappa shape index (κ1) is 10.9. The molecule has 2 aliphatic rings. The summed E-state index contributed by atoms with van der Waals surface area (Å²) < 4.78 is 5.71. The van der Waals surface area contributed by atoms with Crippen LogP contribution in [0.5, 0.6) is 0 Å². The molecule has 86 valence electrons. The third-order valence-electron chi connectivity index (χ3n) is 3.99. The molecule has 3 nitrogen and oxygen atoms in total. The van der Waals surface area contributed by atoms with Crippen LogP contribution >= 0.6 is 0 Å². The number of carbonyl (C=O) groups is 1. The molecule has 2 rings (SSSR count). The Balaban J connectivity index is 2.18. The van der Waals surface area contributed by atoms with Crippen LogP contribution in [0.25, 0.3) is 0 Å². The lowest BCUT2D eigenvalue weighted by Crippen LogP contribution is -2.34. The Morgan fingerprint density at radius 3 is 2.87 bits per heavy atom. The van der Waals surface area contributed by atoms with E-state index in [1.165, 1.54) is 12.8 Å². The molecule has 0 aromatic carbocycles. The van der Waals surface area contributed by atoms with Gasteiger partial charge in [-0.05, 0) is 25.7 Å². The summed E-state index contributed by atoms with van der Waals surface area (Å²) >= 11 is 0. The number of hydrogen-bond donors (Lipinski definition) is 0. The van der Waals surface area contributed by atoms with Crippen molar-refractivity contribution in [2.24, 2.45) is 17.8 Å². The SMILES string of the molecule is CCO[C@H]1[C@@H]2CCC[C@@H](C)[C@@H]2C(=O)N1C. The Bertz CT molecular complexity index is 254. The van der Waals surface area contributed by atoms with Gasteiger partial charge in [0.1, 0.15) is 6.23 Å². The average Bonchev–Trinajstić information content (AvgIpc) is 2.45. The lowest BCUT2D eigenvalue weighted by Gasteiger charge is -2.31. The zero-order chi connectivity index (χ0) is 11.0. The summed E-state index contributed by atoms with van der Waals surface area (Å²) in [6, 6.07) is 0. The molecule has 2 fully saturated rings. The lowest BCUT2D eigenvalue weighted by molar-refractivity contribution is -0.136. The van der Waals surface area contributed by atoms with E-state index in [2.05, 4.69) is 6.92 Å². The molecular formula is C12H21NO2. The summed E-state index contributed by atoms with van der Waals surface area (Å²) in [5, 5.41) is 0. The molecule has 0 radical (unpaired) electrons. The van der Waals surface area contributed by atoms with Crippen LogP contribution in [0.1, 0.15) is 33.1 Å². The lowest BCUT2D eigenvalue weighted by atomic mass is 9.74. The van der Waals surface area contributed by atoms with Crippen molar-refractivity contribution in [3.63, 3.8) is 0 Å². The number of ether oxygens (including phenoxy) is 1. The largest absolute Gasteiger partial charge is 0.358 e. The Morgan fingerprint density at radius 1 is 1.47 bits per heavy atom. The van der Waals surface area contributed by atoms with E-state index < -0.39 is 0 Å². The van der Waals surface area contributed by atoms with E-state index in [-0.39, 0.29) is 12.1 Å². The average molecular weight is 211 g/mol. The molecule has 0 spiro atoms. The highest BCUT2D eigenvalue weighted by Crippen LogP contribution is 2.43. The normalized spacial score (nSPS) is 40.7. The van der Waals surface area contributed by atoms with Gasteiger partial charge in [-0.3, -0.25) is 4.79 Å². The first-order valence-corrected chi connectivity index (χ1v) is 6.05. The van der Waals surface area contributed by atoms with E-state index in [1.54, 1.807) is 0 Å². The molecule has 1 saturated carbocycles. The van der Waals surface area contributed by atoms with Crippen LogP contribution in [-0.4, -0.2) is 30.7 Å². The number of nitrogens with zero attached hydrogens (tertiary/aromatic N) is 1. The van der Waals surface area contributed by atoms with E-state index in [1.807, 2.05) is 18.9 Å². The predicted octanol–water partition coefficient (Wildman–Crippen LogP) is 1.87. The Hall–Kier alpha value is -0.570. The van der Waals surface area contributed by atoms with Crippen molar-refractivity contribution in [3.8, 4) is 0 Å². The maximum absolute atomic E-state index is 12.1. The van der Waals surface area contributed by atoms with Crippen molar-refractivity contribution < 1.29 is 9.53 Å². The van der Waals surface area contributed by atoms with Gasteiger partial charge in [-0.1, -0.05) is 13.3 Å². The monoisotopic (exact) mass is 211 g/mol. The summed E-state index contributed by atoms with van der Waals surface area (Å²) in [6.07, 6.45) is 3.62. The summed E-state index contributed by atoms with van der Waals surface area (Å²) in [4.78, 5) is 13.9. The first-order chi connectivity index (χ1) is 7.16. The van der Waals surface area contributed by atoms with Crippen molar-refractivity contribution in [3.05, 3.63) is 0 Å². The Morgan fingerprint density at radius 2 is 2.20 bits per heavy atom. The van der Waals surface area contributed by atoms with Crippen LogP contribution in [0, 0.1) is 17.8 Å². The van der Waals surface area contributed by atoms with Gasteiger partial charge >= 0.3 is 0 Å². The number of carbonyl (C=O) groups excluding carboxylic acids is 1. The second-order valence-corrected chi connectivity index (χ2v) is 4.89. The zero-order valence-corrected chi connectivity index (χ0v) is 9.90. The topological polar surface area (TPSA) is 29.5 Å². The van der Waals surface area contributed by atoms with Crippen molar-refractivity contribution in [1.82, 2.24) is 4.90 Å². The van der Waals surface area contributed by atoms with E-state index in [0.29, 0.717) is 24.3 Å². The van der Waals surface area contributed by atoms with Gasteiger partial charge in [-0.15, -0.1) is 0 Å². The molecule has 1 aliphatic heterocycles. The van der Waals surface area contributed by atoms with E-state index in [9.17, 15) is 4.79 Å². The highest BCUT2D eigenvalue weighted by atomic mass is 16.5. The fourth-order valence-electron chi connectivity index (χ4n) is 3.26. The molecule has 0 aromatic rings. The fourth-order valence-corrected chi connectivity index (χ4v) is 3.26. The summed E-state index contributed by atoms with van der Waals surface area (Å²) in [5.74, 6) is 1.49. The smallest absolute Gasteiger partial charge is 0.228 e. The van der Waals surface area contributed by atoms with E-state index in [4.69, 9.17) is 4.74 Å². The van der Waals surface area contributed by atoms with Crippen LogP contribution in [0.3, 0.4) is 0 Å². The molecule has 4 atom stereocenters. The van der Waals surface area contributed by atoms with Gasteiger partial charge in [0.15, 0.2) is 0 Å². The molecule has 0 N–H and O–H groups in total. The van der Waals surface area contributed by atoms with Crippen LogP contribution in [-0.2, 0) is 9.53 Å². The van der Waals surface area contributed by atoms with Crippen LogP contribution in [0.2, 0.25) is 0 Å². The summed E-state index contributed by atoms with van der Waals surface area (Å²) in [6.45, 7) is 4.90. The van der Waals surface area contributed by atoms with Gasteiger partial charge in [-0.2, -0.15) is 0 Å². The standard InChI is InChI=1S/C12H21NO2/c1-4-15-12-9-7-5-6-8(2)10(9)11(14)13(12)3/h8-10,12H,4-7H2,1-3H3/t8-,9-,10+,12+/m1/s1. The van der Waals surface area contributed by atoms with Crippen LogP contribution in [0.15, 0.2) is 0 Å². The van der Waals surface area contributed by atoms with Crippen molar-refractivity contribution in [2.45, 2.75) is 39.3 Å². The van der Waals surface area contributed by atoms with Crippen LogP contribution < -0.4 is 0 Å². The van der Waals surface area contributed by atoms with Gasteiger partial charge in [0.25, 0.3) is 0 Å². The summed E-state index contributed by atoms with van der Waals surface area (Å²) in [7, 11) is 1.88. The van der Waals surface area contributed by atoms with Crippen LogP contribution in [0.4, 0.5) is 0 Å². The van der Waals surface area contributed by atoms with E-state index in [0.717, 1.165) is 6.42 Å². The van der Waals surface area contributed by atoms with Gasteiger partial charge in [-0.25, -0.2) is 0 Å². The molecule has 1 aliphatic carbocycles. The highest BCUT2D eigenvalue weighted by molar-refractivity contribution is 5.82. The molecule has 3 heteroatoms. The third kappa shape index (κ3) is 1.67. The second kappa shape index (κ2) is 4.12. The molecular weight excluding hydrogens is 190 g/mol. The van der Waals surface area contributed by atoms with Gasteiger partial charge in [0, 0.05) is 25.5 Å². The molecule has 0 bridgehead atoms. The molecule has 0 aromatic heterocycles. The Kier molecular flexibility index (Phi) is 3.01. The van der Waals surface area contributed by atoms with Crippen molar-refractivity contribution >= 4 is 5.91 Å². The fraction of sp³-hybridized carbons (Fsp3) is 0.917. The third-order valence-corrected chi connectivity index (χ3v) is 3.99. The maximum Gasteiger partial charge on any atom is 0.228 e. The number of hydrogen-bond acceptors (Lipinski definition) is 2. The first-order valence-electron chi connectivity index (χ1n) is 6.05. The second-order valence-electron chi connectivity index (χ2n) is 4.89. The predicted molar refractivity (Wildman–Crippen MR) is 58.2 cm³/mol. The minimum absolute atomic E-state index is 0.0373. The molecule has 1 amide bonds. The minimum Gasteiger partial charge on any atom is -0.358 e. The number of rotatable bonds is 2. The van der Waals surface area contributed by atoms with Gasteiger partial charge in [0.05, 0.1) is 0 Å². The zero-order valence-electron chi connectivity index (χ0n) is 9.90. The van der Waals surface area contributed by atoms with Crippen molar-refractivity contribution in [1.29, 1.82) is 0 Å². The molecule has 1 saturated heterocycles. The number of likely N-dealkylation sites (tertiary alicyclic amines) is 1. The quantitative estimate of drug-likeness (QED) is 0.698. The Labute approximate surface area is 91.8 Å². The number of amides is 1. The maximum atomic E-state index is 12.1. The molecule has 0 unspecified atom stereocenters. The van der Waals surface area contributed by atoms with Crippen molar-refractivity contribution in [2.75, 3.05) is 13.7 Å². The summed E-state index contributed by atoms with van der Waals surface area (Å²) in [5.41, 5.74) is 0. The number of fused-ring (bicyclic) bond motifs is 1. The molecule has 1 heterocycles. The van der Waals surface area contributed by atoms with E-state index >= 15 is 0 Å². The van der Waals surface area contributed by atoms with Gasteiger partial charge < -0.3 is 9.64 Å². The van der Waals surface area contributed by atoms with Gasteiger partial charge in [0.2, 0.25) is 5.91 Å². The molecule has 15 heavy (non-hydrogen) atoms.